The van der Waals surface area contributed by atoms with E-state index in [2.05, 4.69) is 0 Å². The Kier molecular flexibility index (Phi) is 217. The summed E-state index contributed by atoms with van der Waals surface area (Å²) in [6.07, 6.45) is 0. The van der Waals surface area contributed by atoms with Crippen LogP contribution in [0.5, 0.6) is 0 Å². The van der Waals surface area contributed by atoms with Gasteiger partial charge in [0.2, 0.25) is 0 Å². The van der Waals surface area contributed by atoms with Crippen LogP contribution in [0.3, 0.4) is 0 Å². The summed E-state index contributed by atoms with van der Waals surface area (Å²) in [6.45, 7) is 0. The monoisotopic (exact) mass is 296 g/mol. The van der Waals surface area contributed by atoms with Crippen LogP contribution in [-0.4, -0.2) is 0 Å². The zero-order valence-electron chi connectivity index (χ0n) is 2.48. The molecule has 0 atom stereocenters. The molecule has 6 heavy (non-hydrogen) atoms. The first-order chi connectivity index (χ1) is 3.00. The Morgan fingerprint density at radius 2 is 1.00 bits per heavy atom. The van der Waals surface area contributed by atoms with Crippen LogP contribution in [0, 0.1) is 0 Å². The molecule has 0 saturated heterocycles. The van der Waals surface area contributed by atoms with Crippen LogP contribution in [0.15, 0.2) is 0 Å². The fourth-order valence-corrected chi connectivity index (χ4v) is 0. The molecule has 0 aromatic heterocycles. The van der Waals surface area contributed by atoms with E-state index in [0.29, 0.717) is 24.7 Å². The molecule has 0 saturated carbocycles. The topological polar surface area (TPSA) is 63.2 Å². The molecule has 0 unspecified atom stereocenters. The van der Waals surface area contributed by atoms with E-state index in [4.69, 9.17) is 11.2 Å². The van der Waals surface area contributed by atoms with E-state index in [1.54, 1.807) is 32.5 Å². The summed E-state index contributed by atoms with van der Waals surface area (Å²) in [4.78, 5) is 0. The predicted molar refractivity (Wildman–Crippen MR) is 18.5 cm³/mol. The molecule has 0 fully saturated rings. The molecule has 0 amide bonds. The molecule has 0 aromatic carbocycles. The first-order valence-electron chi connectivity index (χ1n) is 0.513. The fourth-order valence-electron chi connectivity index (χ4n) is 0. The van der Waals surface area contributed by atoms with E-state index in [-0.39, 0.29) is 0 Å². The predicted octanol–water partition coefficient (Wildman–Crippen LogP) is -0.808. The van der Waals surface area contributed by atoms with Gasteiger partial charge in [0.15, 0.2) is 0 Å². The molecule has 6 heteroatoms. The van der Waals surface area contributed by atoms with Crippen LogP contribution in [0.25, 0.3) is 0 Å². The molecular weight excluding hydrogens is 299 g/mol. The van der Waals surface area contributed by atoms with Gasteiger partial charge in [-0.05, 0) is 0 Å². The number of halogens is 2. The van der Waals surface area contributed by atoms with E-state index in [9.17, 15) is 0 Å². The summed E-state index contributed by atoms with van der Waals surface area (Å²) in [7, 11) is 0. The van der Waals surface area contributed by atoms with Gasteiger partial charge in [-0.1, -0.05) is 0 Å². The van der Waals surface area contributed by atoms with Gasteiger partial charge in [0.1, 0.15) is 0 Å². The molecule has 0 aromatic rings. The van der Waals surface area contributed by atoms with Crippen molar-refractivity contribution in [3.63, 3.8) is 0 Å². The second-order valence-electron chi connectivity index (χ2n) is 0. The number of hydrogen-bond acceptors (Lipinski definition) is 3. The Hall–Kier alpha value is 1.56. The summed E-state index contributed by atoms with van der Waals surface area (Å²) in [5.41, 5.74) is 0. The Morgan fingerprint density at radius 1 is 1.00 bits per heavy atom. The van der Waals surface area contributed by atoms with Crippen molar-refractivity contribution >= 4 is 32.5 Å². The van der Waals surface area contributed by atoms with Gasteiger partial charge in [-0.15, -0.1) is 0 Å². The molecule has 0 spiro atoms. The van der Waals surface area contributed by atoms with Crippen molar-refractivity contribution in [2.24, 2.45) is 0 Å². The zero-order valence-corrected chi connectivity index (χ0v) is 8.11. The van der Waals surface area contributed by atoms with Crippen LogP contribution in [0.4, 0.5) is 0 Å². The van der Waals surface area contributed by atoms with Gasteiger partial charge >= 0.3 is 27.5 Å². The first-order valence-corrected chi connectivity index (χ1v) is 2.81. The fraction of sp³-hybridized carbons (Fsp3) is 0. The minimum atomic E-state index is 0.300. The molecule has 0 aliphatic carbocycles. The molecule has 0 N–H and O–H groups in total. The summed E-state index contributed by atoms with van der Waals surface area (Å²) in [6, 6.07) is 0. The van der Waals surface area contributed by atoms with Gasteiger partial charge in [0, 0.05) is 0 Å². The standard InChI is InChI=1S/2BrO.O.Zr/c2*1-2;;/q2*-1;;+2. The molecule has 0 aliphatic rings. The SMILES string of the molecule is [O-]Br.[O-]Br.[O]=[Zr+2]. The van der Waals surface area contributed by atoms with Gasteiger partial charge in [0.25, 0.3) is 0 Å². The molecule has 0 aliphatic heterocycles. The maximum absolute atomic E-state index is 8.34. The second-order valence-corrected chi connectivity index (χ2v) is 0. The van der Waals surface area contributed by atoms with Crippen molar-refractivity contribution in [1.82, 2.24) is 0 Å². The van der Waals surface area contributed by atoms with Crippen molar-refractivity contribution in [3.05, 3.63) is 0 Å². The van der Waals surface area contributed by atoms with Crippen molar-refractivity contribution < 1.29 is 35.9 Å². The first kappa shape index (κ1) is 15.6. The van der Waals surface area contributed by atoms with Gasteiger partial charge in [0.05, 0.1) is 0 Å². The van der Waals surface area contributed by atoms with Gasteiger partial charge in [-0.2, -0.15) is 0 Å². The normalized spacial score (nSPS) is 3.00. The van der Waals surface area contributed by atoms with Crippen molar-refractivity contribution in [1.29, 1.82) is 0 Å². The van der Waals surface area contributed by atoms with Crippen LogP contribution >= 0.6 is 32.5 Å². The molecule has 36 valence electrons. The van der Waals surface area contributed by atoms with E-state index in [1.165, 1.54) is 0 Å². The molecule has 0 bridgehead atoms. The molecule has 0 radical (unpaired) electrons. The van der Waals surface area contributed by atoms with Gasteiger partial charge in [-0.3, -0.25) is 0 Å². The Morgan fingerprint density at radius 3 is 1.00 bits per heavy atom. The van der Waals surface area contributed by atoms with Gasteiger partial charge in [-0.25, -0.2) is 32.5 Å². The minimum absolute atomic E-state index is 0.300. The summed E-state index contributed by atoms with van der Waals surface area (Å²) in [5, 5.41) is 0. The van der Waals surface area contributed by atoms with Crippen LogP contribution < -0.4 is 8.40 Å². The average molecular weight is 299 g/mol. The Bertz CT molecular complexity index is 8.75. The number of rotatable bonds is 0. The van der Waals surface area contributed by atoms with Crippen LogP contribution in [0.1, 0.15) is 0 Å². The van der Waals surface area contributed by atoms with Crippen LogP contribution in [0.2, 0.25) is 0 Å². The average Bonchev–Trinajstić information content (AvgIpc) is 1.81. The second kappa shape index (κ2) is 83.1. The van der Waals surface area contributed by atoms with E-state index in [0.717, 1.165) is 0 Å². The molecule has 0 heterocycles. The van der Waals surface area contributed by atoms with Crippen molar-refractivity contribution in [3.8, 4) is 0 Å². The molecule has 0 rings (SSSR count). The third kappa shape index (κ3) is 47.4. The van der Waals surface area contributed by atoms with E-state index in [1.807, 2.05) is 0 Å². The van der Waals surface area contributed by atoms with Crippen molar-refractivity contribution in [2.75, 3.05) is 0 Å². The molecular formula is Br2O3Zr. The third-order valence-electron chi connectivity index (χ3n) is 0. The van der Waals surface area contributed by atoms with Gasteiger partial charge < -0.3 is 8.40 Å². The zero-order chi connectivity index (χ0) is 6.00. The Labute approximate surface area is 67.9 Å². The van der Waals surface area contributed by atoms with E-state index < -0.39 is 0 Å². The van der Waals surface area contributed by atoms with E-state index >= 15 is 0 Å². The summed E-state index contributed by atoms with van der Waals surface area (Å²) in [5.74, 6) is 0. The summed E-state index contributed by atoms with van der Waals surface area (Å²) < 4.78 is 24.5. The Balaban J connectivity index is -0.0000000225. The maximum atomic E-state index is 8.34. The number of hydrogen-bond donors (Lipinski definition) is 0. The summed E-state index contributed by atoms with van der Waals surface area (Å²) >= 11 is 3.68. The quantitative estimate of drug-likeness (QED) is 0.588. The van der Waals surface area contributed by atoms with Crippen molar-refractivity contribution in [2.45, 2.75) is 0 Å². The molecule has 3 nitrogen and oxygen atoms in total. The third-order valence-corrected chi connectivity index (χ3v) is 0. The van der Waals surface area contributed by atoms with Crippen LogP contribution in [-0.2, 0) is 27.5 Å².